The van der Waals surface area contributed by atoms with Crippen LogP contribution >= 0.6 is 0 Å². The zero-order valence-corrected chi connectivity index (χ0v) is 11.7. The lowest BCUT2D eigenvalue weighted by Gasteiger charge is -2.37. The van der Waals surface area contributed by atoms with Crippen molar-refractivity contribution in [3.8, 4) is 0 Å². The average molecular weight is 272 g/mol. The molecule has 0 radical (unpaired) electrons. The van der Waals surface area contributed by atoms with Crippen molar-refractivity contribution in [1.29, 1.82) is 0 Å². The molecule has 0 bridgehead atoms. The lowest BCUT2D eigenvalue weighted by atomic mass is 9.88. The van der Waals surface area contributed by atoms with Gasteiger partial charge < -0.3 is 20.5 Å². The lowest BCUT2D eigenvalue weighted by Crippen LogP contribution is -2.51. The van der Waals surface area contributed by atoms with Crippen LogP contribution in [0, 0.1) is 5.92 Å². The number of carbonyl (C=O) groups is 2. The Balaban J connectivity index is 2.68. The summed E-state index contributed by atoms with van der Waals surface area (Å²) < 4.78 is 5.08. The maximum atomic E-state index is 12.2. The quantitative estimate of drug-likeness (QED) is 0.732. The predicted molar refractivity (Wildman–Crippen MR) is 70.6 cm³/mol. The standard InChI is InChI=1S/C13H24N2O4/c1-3-9-4-5-15(11(6-9)13(17)18)12(16)7-10(8-14)19-2/h9-11H,3-8,14H2,1-2H3,(H,17,18). The molecule has 0 aliphatic carbocycles. The first-order valence-corrected chi connectivity index (χ1v) is 6.78. The summed E-state index contributed by atoms with van der Waals surface area (Å²) in [6.45, 7) is 2.82. The smallest absolute Gasteiger partial charge is 0.326 e. The molecule has 3 atom stereocenters. The third-order valence-corrected chi connectivity index (χ3v) is 3.89. The van der Waals surface area contributed by atoms with E-state index >= 15 is 0 Å². The fraction of sp³-hybridized carbons (Fsp3) is 0.846. The molecule has 1 amide bonds. The number of ether oxygens (including phenoxy) is 1. The number of methoxy groups -OCH3 is 1. The number of nitrogens with zero attached hydrogens (tertiary/aromatic N) is 1. The van der Waals surface area contributed by atoms with Crippen molar-refractivity contribution in [2.45, 2.75) is 44.8 Å². The number of hydrogen-bond donors (Lipinski definition) is 2. The van der Waals surface area contributed by atoms with Gasteiger partial charge in [-0.05, 0) is 18.8 Å². The minimum absolute atomic E-state index is 0.146. The molecular formula is C13H24N2O4. The number of carboxylic acids is 1. The van der Waals surface area contributed by atoms with Gasteiger partial charge in [0.1, 0.15) is 6.04 Å². The second-order valence-corrected chi connectivity index (χ2v) is 5.04. The Labute approximate surface area is 113 Å². The fourth-order valence-electron chi connectivity index (χ4n) is 2.52. The Morgan fingerprint density at radius 1 is 1.53 bits per heavy atom. The van der Waals surface area contributed by atoms with E-state index in [-0.39, 0.29) is 25.0 Å². The van der Waals surface area contributed by atoms with Gasteiger partial charge in [-0.2, -0.15) is 0 Å². The summed E-state index contributed by atoms with van der Waals surface area (Å²) in [4.78, 5) is 24.9. The van der Waals surface area contributed by atoms with E-state index in [0.717, 1.165) is 12.8 Å². The first-order valence-electron chi connectivity index (χ1n) is 6.78. The van der Waals surface area contributed by atoms with Gasteiger partial charge in [0.15, 0.2) is 0 Å². The van der Waals surface area contributed by atoms with Gasteiger partial charge in [0.05, 0.1) is 12.5 Å². The van der Waals surface area contributed by atoms with Crippen molar-refractivity contribution in [2.75, 3.05) is 20.2 Å². The molecule has 0 aromatic carbocycles. The highest BCUT2D eigenvalue weighted by molar-refractivity contribution is 5.84. The van der Waals surface area contributed by atoms with Crippen LogP contribution in [0.5, 0.6) is 0 Å². The molecule has 0 spiro atoms. The molecule has 1 rings (SSSR count). The molecular weight excluding hydrogens is 248 g/mol. The van der Waals surface area contributed by atoms with Gasteiger partial charge in [-0.3, -0.25) is 4.79 Å². The zero-order chi connectivity index (χ0) is 14.4. The molecule has 1 aliphatic rings. The van der Waals surface area contributed by atoms with Crippen molar-refractivity contribution in [3.05, 3.63) is 0 Å². The molecule has 19 heavy (non-hydrogen) atoms. The molecule has 0 aromatic rings. The molecule has 1 aliphatic heterocycles. The Kier molecular flexibility index (Phi) is 6.24. The van der Waals surface area contributed by atoms with Crippen molar-refractivity contribution in [2.24, 2.45) is 11.7 Å². The van der Waals surface area contributed by atoms with Crippen LogP contribution < -0.4 is 5.73 Å². The van der Waals surface area contributed by atoms with Gasteiger partial charge in [0.25, 0.3) is 0 Å². The van der Waals surface area contributed by atoms with Crippen LogP contribution in [0.1, 0.15) is 32.6 Å². The van der Waals surface area contributed by atoms with Crippen LogP contribution in [0.25, 0.3) is 0 Å². The number of carbonyl (C=O) groups excluding carboxylic acids is 1. The highest BCUT2D eigenvalue weighted by Crippen LogP contribution is 2.26. The predicted octanol–water partition coefficient (Wildman–Crippen LogP) is 0.452. The maximum absolute atomic E-state index is 12.2. The fourth-order valence-corrected chi connectivity index (χ4v) is 2.52. The third kappa shape index (κ3) is 4.18. The molecule has 6 nitrogen and oxygen atoms in total. The summed E-state index contributed by atoms with van der Waals surface area (Å²) in [5, 5.41) is 9.27. The van der Waals surface area contributed by atoms with Gasteiger partial charge in [-0.1, -0.05) is 13.3 Å². The molecule has 3 unspecified atom stereocenters. The van der Waals surface area contributed by atoms with E-state index in [1.165, 1.54) is 12.0 Å². The number of nitrogens with two attached hydrogens (primary N) is 1. The number of aliphatic carboxylic acids is 1. The summed E-state index contributed by atoms with van der Waals surface area (Å²) in [6.07, 6.45) is 2.17. The number of rotatable bonds is 6. The highest BCUT2D eigenvalue weighted by Gasteiger charge is 2.35. The third-order valence-electron chi connectivity index (χ3n) is 3.89. The second-order valence-electron chi connectivity index (χ2n) is 5.04. The van der Waals surface area contributed by atoms with Crippen molar-refractivity contribution in [3.63, 3.8) is 0 Å². The molecule has 6 heteroatoms. The van der Waals surface area contributed by atoms with Crippen LogP contribution in [-0.2, 0) is 14.3 Å². The second kappa shape index (κ2) is 7.45. The molecule has 0 saturated carbocycles. The van der Waals surface area contributed by atoms with E-state index in [0.29, 0.717) is 18.9 Å². The highest BCUT2D eigenvalue weighted by atomic mass is 16.5. The molecule has 1 saturated heterocycles. The monoisotopic (exact) mass is 272 g/mol. The first-order chi connectivity index (χ1) is 9.03. The van der Waals surface area contributed by atoms with Gasteiger partial charge in [-0.25, -0.2) is 4.79 Å². The van der Waals surface area contributed by atoms with E-state index in [2.05, 4.69) is 6.92 Å². The summed E-state index contributed by atoms with van der Waals surface area (Å²) in [5.74, 6) is -0.717. The summed E-state index contributed by atoms with van der Waals surface area (Å²) in [5.41, 5.74) is 5.49. The van der Waals surface area contributed by atoms with Gasteiger partial charge >= 0.3 is 5.97 Å². The van der Waals surface area contributed by atoms with Crippen molar-refractivity contribution < 1.29 is 19.4 Å². The van der Waals surface area contributed by atoms with E-state index in [4.69, 9.17) is 10.5 Å². The van der Waals surface area contributed by atoms with Crippen LogP contribution in [0.2, 0.25) is 0 Å². The van der Waals surface area contributed by atoms with Gasteiger partial charge in [0.2, 0.25) is 5.91 Å². The molecule has 1 fully saturated rings. The Bertz CT molecular complexity index is 318. The Morgan fingerprint density at radius 3 is 2.68 bits per heavy atom. The summed E-state index contributed by atoms with van der Waals surface area (Å²) in [6, 6.07) is -0.707. The van der Waals surface area contributed by atoms with E-state index in [1.54, 1.807) is 0 Å². The van der Waals surface area contributed by atoms with Crippen LogP contribution in [0.4, 0.5) is 0 Å². The van der Waals surface area contributed by atoms with E-state index in [9.17, 15) is 14.7 Å². The number of carboxylic acid groups (broad SMARTS) is 1. The zero-order valence-electron chi connectivity index (χ0n) is 11.7. The topological polar surface area (TPSA) is 92.9 Å². The van der Waals surface area contributed by atoms with Crippen molar-refractivity contribution >= 4 is 11.9 Å². The first kappa shape index (κ1) is 15.9. The number of piperidine rings is 1. The Morgan fingerprint density at radius 2 is 2.21 bits per heavy atom. The van der Waals surface area contributed by atoms with Gasteiger partial charge in [-0.15, -0.1) is 0 Å². The summed E-state index contributed by atoms with van der Waals surface area (Å²) in [7, 11) is 1.50. The largest absolute Gasteiger partial charge is 0.480 e. The van der Waals surface area contributed by atoms with Crippen molar-refractivity contribution in [1.82, 2.24) is 4.90 Å². The molecule has 3 N–H and O–H groups in total. The molecule has 110 valence electrons. The SMILES string of the molecule is CCC1CCN(C(=O)CC(CN)OC)C(C(=O)O)C1. The molecule has 1 heterocycles. The van der Waals surface area contributed by atoms with Crippen LogP contribution in [0.15, 0.2) is 0 Å². The average Bonchev–Trinajstić information content (AvgIpc) is 2.43. The molecule has 0 aromatic heterocycles. The van der Waals surface area contributed by atoms with Crippen LogP contribution in [0.3, 0.4) is 0 Å². The minimum Gasteiger partial charge on any atom is -0.480 e. The normalized spacial score (nSPS) is 25.1. The number of likely N-dealkylation sites (tertiary alicyclic amines) is 1. The number of amides is 1. The summed E-state index contributed by atoms with van der Waals surface area (Å²) >= 11 is 0. The maximum Gasteiger partial charge on any atom is 0.326 e. The Hall–Kier alpha value is -1.14. The minimum atomic E-state index is -0.923. The van der Waals surface area contributed by atoms with E-state index in [1.807, 2.05) is 0 Å². The number of hydrogen-bond acceptors (Lipinski definition) is 4. The van der Waals surface area contributed by atoms with Gasteiger partial charge in [0, 0.05) is 20.2 Å². The lowest BCUT2D eigenvalue weighted by molar-refractivity contribution is -0.154. The van der Waals surface area contributed by atoms with E-state index < -0.39 is 12.0 Å². The van der Waals surface area contributed by atoms with Crippen LogP contribution in [-0.4, -0.2) is 54.2 Å².